The maximum absolute atomic E-state index is 11.3. The summed E-state index contributed by atoms with van der Waals surface area (Å²) in [5.74, 6) is -0.345. The average Bonchev–Trinajstić information content (AvgIpc) is 2.64. The van der Waals surface area contributed by atoms with Crippen molar-refractivity contribution in [3.05, 3.63) is 5.56 Å². The van der Waals surface area contributed by atoms with E-state index in [0.717, 1.165) is 13.1 Å². The molecule has 1 heterocycles. The molecule has 6 nitrogen and oxygen atoms in total. The summed E-state index contributed by atoms with van der Waals surface area (Å²) in [6.45, 7) is 10.3. The number of amides is 1. The summed E-state index contributed by atoms with van der Waals surface area (Å²) in [5.41, 5.74) is 11.2. The Labute approximate surface area is 118 Å². The first-order valence-electron chi connectivity index (χ1n) is 6.39. The summed E-state index contributed by atoms with van der Waals surface area (Å²) in [7, 11) is 0. The van der Waals surface area contributed by atoms with E-state index in [1.165, 1.54) is 11.5 Å². The average molecular weight is 285 g/mol. The molecule has 0 unspecified atom stereocenters. The Hall–Kier alpha value is -1.34. The van der Waals surface area contributed by atoms with Crippen LogP contribution in [0.25, 0.3) is 0 Å². The number of hydrogen-bond acceptors (Lipinski definition) is 6. The minimum absolute atomic E-state index is 0.199. The number of anilines is 2. The third-order valence-corrected chi connectivity index (χ3v) is 3.77. The molecule has 0 spiro atoms. The third kappa shape index (κ3) is 4.07. The lowest BCUT2D eigenvalue weighted by molar-refractivity contribution is 0.100. The van der Waals surface area contributed by atoms with Gasteiger partial charge in [-0.2, -0.15) is 4.37 Å². The van der Waals surface area contributed by atoms with Crippen LogP contribution in [0.4, 0.5) is 10.8 Å². The highest BCUT2D eigenvalue weighted by Gasteiger charge is 2.17. The van der Waals surface area contributed by atoms with Gasteiger partial charge in [-0.05, 0) is 39.2 Å². The number of carbonyl (C=O) groups is 1. The molecule has 7 heteroatoms. The van der Waals surface area contributed by atoms with Crippen LogP contribution >= 0.6 is 11.5 Å². The highest BCUT2D eigenvalue weighted by molar-refractivity contribution is 7.11. The molecule has 0 bridgehead atoms. The number of aromatic nitrogens is 1. The van der Waals surface area contributed by atoms with E-state index in [0.29, 0.717) is 22.6 Å². The van der Waals surface area contributed by atoms with Crippen molar-refractivity contribution < 1.29 is 4.79 Å². The van der Waals surface area contributed by atoms with Crippen LogP contribution in [0.2, 0.25) is 0 Å². The molecule has 19 heavy (non-hydrogen) atoms. The van der Waals surface area contributed by atoms with Crippen molar-refractivity contribution in [1.82, 2.24) is 9.27 Å². The summed E-state index contributed by atoms with van der Waals surface area (Å²) < 4.78 is 3.95. The van der Waals surface area contributed by atoms with Crippen LogP contribution < -0.4 is 16.8 Å². The molecule has 0 fully saturated rings. The fourth-order valence-corrected chi connectivity index (χ4v) is 2.82. The van der Waals surface area contributed by atoms with Gasteiger partial charge in [-0.1, -0.05) is 0 Å². The molecule has 0 saturated carbocycles. The van der Waals surface area contributed by atoms with Crippen molar-refractivity contribution in [3.8, 4) is 0 Å². The van der Waals surface area contributed by atoms with Gasteiger partial charge in [0.2, 0.25) is 0 Å². The summed E-state index contributed by atoms with van der Waals surface area (Å²) in [6.07, 6.45) is 0. The molecule has 108 valence electrons. The fraction of sp³-hybridized carbons (Fsp3) is 0.667. The van der Waals surface area contributed by atoms with Crippen LogP contribution in [0, 0.1) is 0 Å². The first kappa shape index (κ1) is 15.7. The molecule has 5 N–H and O–H groups in total. The van der Waals surface area contributed by atoms with E-state index in [4.69, 9.17) is 11.5 Å². The van der Waals surface area contributed by atoms with Crippen LogP contribution in [0.3, 0.4) is 0 Å². The Morgan fingerprint density at radius 2 is 1.95 bits per heavy atom. The molecule has 1 aromatic heterocycles. The quantitative estimate of drug-likeness (QED) is 0.702. The molecule has 0 aliphatic rings. The zero-order valence-electron chi connectivity index (χ0n) is 11.9. The minimum Gasteiger partial charge on any atom is -0.382 e. The number of nitrogen functional groups attached to an aromatic ring is 1. The van der Waals surface area contributed by atoms with Gasteiger partial charge in [0, 0.05) is 25.2 Å². The lowest BCUT2D eigenvalue weighted by atomic mass is 10.2. The zero-order chi connectivity index (χ0) is 14.6. The molecule has 0 aromatic carbocycles. The summed E-state index contributed by atoms with van der Waals surface area (Å²) in [6, 6.07) is 0.952. The van der Waals surface area contributed by atoms with Crippen molar-refractivity contribution in [2.45, 2.75) is 39.8 Å². The van der Waals surface area contributed by atoms with Gasteiger partial charge < -0.3 is 16.8 Å². The van der Waals surface area contributed by atoms with Crippen LogP contribution in [0.5, 0.6) is 0 Å². The molecule has 0 radical (unpaired) electrons. The van der Waals surface area contributed by atoms with E-state index >= 15 is 0 Å². The predicted molar refractivity (Wildman–Crippen MR) is 80.5 cm³/mol. The lowest BCUT2D eigenvalue weighted by Crippen LogP contribution is -2.40. The van der Waals surface area contributed by atoms with E-state index in [1.807, 2.05) is 0 Å². The Bertz CT molecular complexity index is 422. The zero-order valence-corrected chi connectivity index (χ0v) is 12.8. The summed E-state index contributed by atoms with van der Waals surface area (Å²) in [4.78, 5) is 13.6. The van der Waals surface area contributed by atoms with Gasteiger partial charge >= 0.3 is 0 Å². The Balaban J connectivity index is 2.60. The first-order chi connectivity index (χ1) is 8.84. The molecule has 0 saturated heterocycles. The monoisotopic (exact) mass is 285 g/mol. The molecule has 1 rings (SSSR count). The summed E-state index contributed by atoms with van der Waals surface area (Å²) in [5, 5.41) is 3.84. The topological polar surface area (TPSA) is 97.3 Å². The second-order valence-electron chi connectivity index (χ2n) is 4.99. The maximum Gasteiger partial charge on any atom is 0.255 e. The van der Waals surface area contributed by atoms with Gasteiger partial charge in [-0.25, -0.2) is 0 Å². The molecular weight excluding hydrogens is 262 g/mol. The predicted octanol–water partition coefficient (Wildman–Crippen LogP) is 1.35. The fourth-order valence-electron chi connectivity index (χ4n) is 2.07. The van der Waals surface area contributed by atoms with Crippen molar-refractivity contribution in [2.75, 3.05) is 24.1 Å². The van der Waals surface area contributed by atoms with E-state index < -0.39 is 5.91 Å². The largest absolute Gasteiger partial charge is 0.382 e. The molecule has 0 atom stereocenters. The highest BCUT2D eigenvalue weighted by Crippen LogP contribution is 2.25. The van der Waals surface area contributed by atoms with Crippen molar-refractivity contribution in [3.63, 3.8) is 0 Å². The number of rotatable bonds is 7. The van der Waals surface area contributed by atoms with E-state index in [2.05, 4.69) is 42.3 Å². The van der Waals surface area contributed by atoms with Crippen molar-refractivity contribution in [1.29, 1.82) is 0 Å². The van der Waals surface area contributed by atoms with Crippen molar-refractivity contribution >= 4 is 28.3 Å². The van der Waals surface area contributed by atoms with Gasteiger partial charge in [0.1, 0.15) is 10.6 Å². The number of nitrogens with zero attached hydrogens (tertiary/aromatic N) is 2. The van der Waals surface area contributed by atoms with Gasteiger partial charge in [0.15, 0.2) is 5.82 Å². The Morgan fingerprint density at radius 1 is 1.37 bits per heavy atom. The van der Waals surface area contributed by atoms with Gasteiger partial charge in [-0.15, -0.1) is 0 Å². The third-order valence-electron chi connectivity index (χ3n) is 2.95. The number of carbonyl (C=O) groups excluding carboxylic acids is 1. The highest BCUT2D eigenvalue weighted by atomic mass is 32.1. The van der Waals surface area contributed by atoms with Gasteiger partial charge in [0.05, 0.1) is 0 Å². The summed E-state index contributed by atoms with van der Waals surface area (Å²) >= 11 is 1.17. The van der Waals surface area contributed by atoms with E-state index in [-0.39, 0.29) is 5.82 Å². The van der Waals surface area contributed by atoms with Gasteiger partial charge in [0.25, 0.3) is 5.91 Å². The number of hydrogen-bond donors (Lipinski definition) is 3. The van der Waals surface area contributed by atoms with Crippen molar-refractivity contribution in [2.24, 2.45) is 5.73 Å². The molecular formula is C12H23N5OS. The second-order valence-corrected chi connectivity index (χ2v) is 5.76. The Kier molecular flexibility index (Phi) is 5.56. The number of nitrogens with two attached hydrogens (primary N) is 2. The normalized spacial score (nSPS) is 11.5. The lowest BCUT2D eigenvalue weighted by Gasteiger charge is -2.30. The standard InChI is InChI=1S/C12H23N5OS/c1-7(2)17(8(3)4)6-5-15-12-9(11(14)18)10(13)16-19-12/h7-8,15H,5-6H2,1-4H3,(H2,13,16)(H2,14,18). The SMILES string of the molecule is CC(C)N(CCNc1snc(N)c1C(N)=O)C(C)C. The van der Waals surface area contributed by atoms with E-state index in [9.17, 15) is 4.79 Å². The Morgan fingerprint density at radius 3 is 2.42 bits per heavy atom. The maximum atomic E-state index is 11.3. The van der Waals surface area contributed by atoms with Crippen LogP contribution in [0.15, 0.2) is 0 Å². The molecule has 0 aliphatic heterocycles. The minimum atomic E-state index is -0.543. The van der Waals surface area contributed by atoms with Gasteiger partial charge in [-0.3, -0.25) is 9.69 Å². The molecule has 0 aliphatic carbocycles. The number of nitrogens with one attached hydrogen (secondary N) is 1. The second kappa shape index (κ2) is 6.72. The van der Waals surface area contributed by atoms with E-state index in [1.54, 1.807) is 0 Å². The molecule has 1 aromatic rings. The smallest absolute Gasteiger partial charge is 0.255 e. The number of primary amides is 1. The molecule has 1 amide bonds. The van der Waals surface area contributed by atoms with Crippen LogP contribution in [-0.2, 0) is 0 Å². The first-order valence-corrected chi connectivity index (χ1v) is 7.16. The van der Waals surface area contributed by atoms with Crippen LogP contribution in [-0.4, -0.2) is 40.4 Å². The van der Waals surface area contributed by atoms with Crippen LogP contribution in [0.1, 0.15) is 38.1 Å².